The summed E-state index contributed by atoms with van der Waals surface area (Å²) in [6, 6.07) is 16.8. The van der Waals surface area contributed by atoms with Gasteiger partial charge in [-0.25, -0.2) is 8.42 Å². The van der Waals surface area contributed by atoms with E-state index in [1.165, 1.54) is 9.87 Å². The molecule has 1 amide bonds. The minimum atomic E-state index is -3.48. The number of benzene rings is 2. The maximum Gasteiger partial charge on any atom is 0.243 e. The van der Waals surface area contributed by atoms with Crippen molar-refractivity contribution in [2.45, 2.75) is 31.1 Å². The smallest absolute Gasteiger partial charge is 0.243 e. The van der Waals surface area contributed by atoms with Crippen LogP contribution in [-0.2, 0) is 27.7 Å². The molecular weight excluding hydrogens is 360 g/mol. The summed E-state index contributed by atoms with van der Waals surface area (Å²) < 4.78 is 26.8. The van der Waals surface area contributed by atoms with Crippen LogP contribution in [0.25, 0.3) is 0 Å². The van der Waals surface area contributed by atoms with Crippen molar-refractivity contribution in [3.05, 3.63) is 65.7 Å². The van der Waals surface area contributed by atoms with Crippen molar-refractivity contribution >= 4 is 15.9 Å². The molecule has 0 radical (unpaired) electrons. The summed E-state index contributed by atoms with van der Waals surface area (Å²) in [5, 5.41) is 0. The highest BCUT2D eigenvalue weighted by atomic mass is 32.2. The molecule has 0 saturated carbocycles. The Morgan fingerprint density at radius 3 is 2.07 bits per heavy atom. The maximum absolute atomic E-state index is 12.6. The number of rotatable bonds is 6. The van der Waals surface area contributed by atoms with Gasteiger partial charge >= 0.3 is 0 Å². The summed E-state index contributed by atoms with van der Waals surface area (Å²) >= 11 is 0. The van der Waals surface area contributed by atoms with Crippen LogP contribution >= 0.6 is 0 Å². The van der Waals surface area contributed by atoms with Gasteiger partial charge in [-0.3, -0.25) is 4.79 Å². The van der Waals surface area contributed by atoms with E-state index in [-0.39, 0.29) is 5.91 Å². The standard InChI is InChI=1S/C21H26N2O3S/c1-2-18-8-10-19(11-9-18)12-13-21(24)22-14-16-23(17-15-22)27(25,26)20-6-4-3-5-7-20/h3-11H,2,12-17H2,1H3. The number of nitrogens with zero attached hydrogens (tertiary/aromatic N) is 2. The Morgan fingerprint density at radius 1 is 0.889 bits per heavy atom. The van der Waals surface area contributed by atoms with Gasteiger partial charge < -0.3 is 4.90 Å². The number of hydrogen-bond donors (Lipinski definition) is 0. The molecule has 0 aromatic heterocycles. The zero-order valence-corrected chi connectivity index (χ0v) is 16.5. The minimum Gasteiger partial charge on any atom is -0.340 e. The molecule has 0 unspecified atom stereocenters. The number of carbonyl (C=O) groups excluding carboxylic acids is 1. The molecule has 0 spiro atoms. The quantitative estimate of drug-likeness (QED) is 0.767. The van der Waals surface area contributed by atoms with Crippen LogP contribution in [0, 0.1) is 0 Å². The van der Waals surface area contributed by atoms with E-state index in [0.717, 1.165) is 12.0 Å². The van der Waals surface area contributed by atoms with Crippen molar-refractivity contribution in [3.63, 3.8) is 0 Å². The van der Waals surface area contributed by atoms with Gasteiger partial charge in [-0.05, 0) is 36.1 Å². The van der Waals surface area contributed by atoms with Gasteiger partial charge in [0.2, 0.25) is 15.9 Å². The molecule has 144 valence electrons. The Labute approximate surface area is 161 Å². The molecule has 0 aliphatic carbocycles. The Balaban J connectivity index is 1.51. The van der Waals surface area contributed by atoms with Gasteiger partial charge in [0.1, 0.15) is 0 Å². The van der Waals surface area contributed by atoms with Crippen LogP contribution < -0.4 is 0 Å². The Hall–Kier alpha value is -2.18. The largest absolute Gasteiger partial charge is 0.340 e. The van der Waals surface area contributed by atoms with Gasteiger partial charge in [-0.15, -0.1) is 0 Å². The molecule has 0 N–H and O–H groups in total. The van der Waals surface area contributed by atoms with Gasteiger partial charge in [0.05, 0.1) is 4.90 Å². The molecule has 2 aromatic carbocycles. The normalized spacial score (nSPS) is 15.7. The van der Waals surface area contributed by atoms with E-state index in [9.17, 15) is 13.2 Å². The van der Waals surface area contributed by atoms with Crippen molar-refractivity contribution in [1.82, 2.24) is 9.21 Å². The van der Waals surface area contributed by atoms with E-state index in [0.29, 0.717) is 43.9 Å². The molecule has 1 heterocycles. The van der Waals surface area contributed by atoms with E-state index in [4.69, 9.17) is 0 Å². The number of amides is 1. The molecule has 0 bridgehead atoms. The Kier molecular flexibility index (Phi) is 6.29. The Morgan fingerprint density at radius 2 is 1.48 bits per heavy atom. The minimum absolute atomic E-state index is 0.0892. The van der Waals surface area contributed by atoms with Crippen molar-refractivity contribution in [3.8, 4) is 0 Å². The monoisotopic (exact) mass is 386 g/mol. The molecule has 1 aliphatic rings. The highest BCUT2D eigenvalue weighted by Crippen LogP contribution is 2.18. The zero-order valence-electron chi connectivity index (χ0n) is 15.7. The summed E-state index contributed by atoms with van der Waals surface area (Å²) in [6.07, 6.45) is 2.18. The highest BCUT2D eigenvalue weighted by molar-refractivity contribution is 7.89. The van der Waals surface area contributed by atoms with Crippen molar-refractivity contribution in [2.75, 3.05) is 26.2 Å². The fraction of sp³-hybridized carbons (Fsp3) is 0.381. The molecule has 1 aliphatic heterocycles. The maximum atomic E-state index is 12.6. The fourth-order valence-electron chi connectivity index (χ4n) is 3.27. The van der Waals surface area contributed by atoms with Gasteiger partial charge in [0.25, 0.3) is 0 Å². The predicted molar refractivity (Wildman–Crippen MR) is 106 cm³/mol. The summed E-state index contributed by atoms with van der Waals surface area (Å²) in [5.74, 6) is 0.0892. The summed E-state index contributed by atoms with van der Waals surface area (Å²) in [7, 11) is -3.48. The van der Waals surface area contributed by atoms with Crippen molar-refractivity contribution in [1.29, 1.82) is 0 Å². The second-order valence-corrected chi connectivity index (χ2v) is 8.71. The fourth-order valence-corrected chi connectivity index (χ4v) is 4.71. The lowest BCUT2D eigenvalue weighted by atomic mass is 10.1. The first-order valence-corrected chi connectivity index (χ1v) is 10.9. The average Bonchev–Trinajstić information content (AvgIpc) is 2.73. The van der Waals surface area contributed by atoms with E-state index in [1.54, 1.807) is 35.2 Å². The Bertz CT molecular complexity index is 856. The lowest BCUT2D eigenvalue weighted by Gasteiger charge is -2.34. The van der Waals surface area contributed by atoms with Crippen LogP contribution in [0.15, 0.2) is 59.5 Å². The van der Waals surface area contributed by atoms with Gasteiger partial charge in [0.15, 0.2) is 0 Å². The number of carbonyl (C=O) groups is 1. The van der Waals surface area contributed by atoms with E-state index in [2.05, 4.69) is 31.2 Å². The molecule has 6 heteroatoms. The molecule has 2 aromatic rings. The SMILES string of the molecule is CCc1ccc(CCC(=O)N2CCN(S(=O)(=O)c3ccccc3)CC2)cc1. The molecule has 1 fully saturated rings. The second kappa shape index (κ2) is 8.67. The zero-order chi connectivity index (χ0) is 19.3. The summed E-state index contributed by atoms with van der Waals surface area (Å²) in [4.78, 5) is 14.6. The lowest BCUT2D eigenvalue weighted by molar-refractivity contribution is -0.132. The van der Waals surface area contributed by atoms with Crippen LogP contribution in [0.3, 0.4) is 0 Å². The van der Waals surface area contributed by atoms with Gasteiger partial charge in [0, 0.05) is 32.6 Å². The molecule has 27 heavy (non-hydrogen) atoms. The first-order valence-electron chi connectivity index (χ1n) is 9.41. The van der Waals surface area contributed by atoms with Crippen molar-refractivity contribution < 1.29 is 13.2 Å². The molecule has 5 nitrogen and oxygen atoms in total. The van der Waals surface area contributed by atoms with E-state index >= 15 is 0 Å². The summed E-state index contributed by atoms with van der Waals surface area (Å²) in [6.45, 7) is 3.69. The van der Waals surface area contributed by atoms with Crippen molar-refractivity contribution in [2.24, 2.45) is 0 Å². The first-order chi connectivity index (χ1) is 13.0. The number of sulfonamides is 1. The van der Waals surface area contributed by atoms with Crippen LogP contribution in [-0.4, -0.2) is 49.7 Å². The van der Waals surface area contributed by atoms with Crippen LogP contribution in [0.5, 0.6) is 0 Å². The van der Waals surface area contributed by atoms with E-state index < -0.39 is 10.0 Å². The predicted octanol–water partition coefficient (Wildman–Crippen LogP) is 2.71. The third-order valence-corrected chi connectivity index (χ3v) is 6.94. The van der Waals surface area contributed by atoms with Gasteiger partial charge in [-0.1, -0.05) is 49.4 Å². The third kappa shape index (κ3) is 4.76. The molecule has 0 atom stereocenters. The van der Waals surface area contributed by atoms with E-state index in [1.807, 2.05) is 0 Å². The summed E-state index contributed by atoms with van der Waals surface area (Å²) in [5.41, 5.74) is 2.45. The number of hydrogen-bond acceptors (Lipinski definition) is 3. The molecular formula is C21H26N2O3S. The topological polar surface area (TPSA) is 57.7 Å². The first kappa shape index (κ1) is 19.6. The number of aryl methyl sites for hydroxylation is 2. The molecule has 1 saturated heterocycles. The van der Waals surface area contributed by atoms with Gasteiger partial charge in [-0.2, -0.15) is 4.31 Å². The lowest BCUT2D eigenvalue weighted by Crippen LogP contribution is -2.50. The third-order valence-electron chi connectivity index (χ3n) is 5.03. The van der Waals surface area contributed by atoms with Crippen LogP contribution in [0.4, 0.5) is 0 Å². The highest BCUT2D eigenvalue weighted by Gasteiger charge is 2.29. The van der Waals surface area contributed by atoms with Crippen LogP contribution in [0.1, 0.15) is 24.5 Å². The molecule has 3 rings (SSSR count). The number of piperazine rings is 1. The van der Waals surface area contributed by atoms with Crippen LogP contribution in [0.2, 0.25) is 0 Å². The second-order valence-electron chi connectivity index (χ2n) is 6.77. The average molecular weight is 387 g/mol.